The summed E-state index contributed by atoms with van der Waals surface area (Å²) in [5.74, 6) is 1.81. The van der Waals surface area contributed by atoms with Crippen molar-refractivity contribution in [3.8, 4) is 56.0 Å². The third-order valence-electron chi connectivity index (χ3n) is 17.9. The molecule has 0 amide bonds. The predicted molar refractivity (Wildman–Crippen MR) is 372 cm³/mol. The Morgan fingerprint density at radius 3 is 1.67 bits per heavy atom. The summed E-state index contributed by atoms with van der Waals surface area (Å²) in [6.07, 6.45) is 1.92. The van der Waals surface area contributed by atoms with Crippen LogP contribution in [0.3, 0.4) is 0 Å². The van der Waals surface area contributed by atoms with Crippen LogP contribution in [0.4, 0.5) is 39.9 Å². The van der Waals surface area contributed by atoms with E-state index in [2.05, 4.69) is 262 Å². The Morgan fingerprint density at radius 2 is 1.00 bits per heavy atom. The van der Waals surface area contributed by atoms with E-state index >= 15 is 0 Å². The van der Waals surface area contributed by atoms with E-state index in [1.54, 1.807) is 0 Å². The Balaban J connectivity index is 0.00000803. The summed E-state index contributed by atoms with van der Waals surface area (Å²) in [4.78, 5) is 11.6. The first-order chi connectivity index (χ1) is 44.2. The van der Waals surface area contributed by atoms with Gasteiger partial charge in [-0.2, -0.15) is 6.07 Å². The molecule has 89 heavy (non-hydrogen) atoms. The number of para-hydroxylation sites is 4. The van der Waals surface area contributed by atoms with Crippen LogP contribution in [0.15, 0.2) is 231 Å². The van der Waals surface area contributed by atoms with Crippen molar-refractivity contribution in [2.24, 2.45) is 0 Å². The molecule has 0 saturated carbocycles. The molecule has 0 aliphatic carbocycles. The normalized spacial score (nSPS) is 15.8. The molecule has 7 heteroatoms. The van der Waals surface area contributed by atoms with E-state index in [1.165, 1.54) is 43.0 Å². The zero-order valence-corrected chi connectivity index (χ0v) is 55.9. The number of rotatable bonds is 9. The molecule has 1 unspecified atom stereocenters. The van der Waals surface area contributed by atoms with Gasteiger partial charge in [0.25, 0.3) is 0 Å². The standard InChI is InChI=1S/C82H75N4OSi.Pt/c1-79(2,3)58-41-42-83-76(49-58)86-72-38-22-24-40-75(72)88(65-31-17-14-18-32-65)74-39-23-19-33-68(74)69-51-64(52-73(86)78(69)88)87-63-30-25-29-62(50-63)84-53-85(71-37-21-20-36-70(71)84)77-66(54-27-15-13-16-28-54)34-26-35-67(77)57-43-55(44-59(47-57)80(4,5)6)56-45-60(81(7,8)9)48-61(46-56)82(10,11)12;/h13-49,51,53H,1-12H3;/q-3;/i13D,15D,16D,27D,28D;. The van der Waals surface area contributed by atoms with E-state index in [0.29, 0.717) is 28.4 Å². The van der Waals surface area contributed by atoms with E-state index in [-0.39, 0.29) is 60.4 Å². The zero-order chi connectivity index (χ0) is 65.4. The van der Waals surface area contributed by atoms with Gasteiger partial charge in [-0.3, -0.25) is 0 Å². The number of hydrogen-bond donors (Lipinski definition) is 0. The molecule has 0 saturated heterocycles. The van der Waals surface area contributed by atoms with Gasteiger partial charge in [0.05, 0.1) is 6.85 Å². The molecule has 11 aromatic rings. The van der Waals surface area contributed by atoms with Crippen molar-refractivity contribution in [2.75, 3.05) is 14.7 Å². The minimum Gasteiger partial charge on any atom is -0.509 e. The maximum atomic E-state index is 9.50. The van der Waals surface area contributed by atoms with Crippen molar-refractivity contribution in [1.29, 1.82) is 0 Å². The molecule has 10 aromatic carbocycles. The van der Waals surface area contributed by atoms with Crippen molar-refractivity contribution in [3.05, 3.63) is 272 Å². The first kappa shape index (κ1) is 53.5. The Labute approximate surface area is 550 Å². The summed E-state index contributed by atoms with van der Waals surface area (Å²) in [5, 5.41) is 5.16. The summed E-state index contributed by atoms with van der Waals surface area (Å²) in [5.41, 5.74) is 15.9. The predicted octanol–water partition coefficient (Wildman–Crippen LogP) is 19.2. The fourth-order valence-electron chi connectivity index (χ4n) is 13.2. The maximum absolute atomic E-state index is 9.50. The molecular weight excluding hydrogens is 1280 g/mol. The first-order valence-electron chi connectivity index (χ1n) is 33.1. The first-order valence-corrected chi connectivity index (χ1v) is 32.6. The minimum atomic E-state index is -2.98. The van der Waals surface area contributed by atoms with Crippen molar-refractivity contribution in [3.63, 3.8) is 0 Å². The van der Waals surface area contributed by atoms with Crippen LogP contribution >= 0.6 is 0 Å². The van der Waals surface area contributed by atoms with Crippen molar-refractivity contribution in [1.82, 2.24) is 4.98 Å². The second-order valence-electron chi connectivity index (χ2n) is 27.8. The summed E-state index contributed by atoms with van der Waals surface area (Å²) in [7, 11) is -2.98. The smallest absolute Gasteiger partial charge is 0.135 e. The minimum absolute atomic E-state index is 0. The van der Waals surface area contributed by atoms with Crippen molar-refractivity contribution in [2.45, 2.75) is 105 Å². The molecule has 446 valence electrons. The molecule has 3 aliphatic heterocycles. The Hall–Kier alpha value is -8.54. The monoisotopic (exact) mass is 1360 g/mol. The van der Waals surface area contributed by atoms with Gasteiger partial charge in [0, 0.05) is 72.6 Å². The number of benzene rings is 10. The van der Waals surface area contributed by atoms with Crippen LogP contribution in [0.2, 0.25) is 0 Å². The van der Waals surface area contributed by atoms with Crippen LogP contribution in [0, 0.1) is 18.8 Å². The molecule has 0 radical (unpaired) electrons. The second kappa shape index (κ2) is 22.2. The second-order valence-corrected chi connectivity index (χ2v) is 31.5. The van der Waals surface area contributed by atoms with Crippen LogP contribution in [0.25, 0.3) is 44.5 Å². The number of aromatic nitrogens is 1. The van der Waals surface area contributed by atoms with Gasteiger partial charge in [0.2, 0.25) is 0 Å². The van der Waals surface area contributed by atoms with Crippen molar-refractivity contribution >= 4 is 68.8 Å². The number of hydrogen-bond acceptors (Lipinski definition) is 5. The SMILES string of the molecule is [2H]c1c([2H])c([2H])c(-c2cccc(-c3cc(-c4cc(C(C)(C)C)cc(C(C)(C)C)c4)cc(C(C)(C)C)c3)c2N2[CH-]N(c3[c-]c(Oc4[c-]c5c6c(c4)-c4ccccc4[Si]6(c4ccccc4)c4ccccc4N5c4cc(C(C)(C)C)ccn4)ccc3)c3ccccc32)c([2H])c1[2H].[Pt]. The molecule has 4 heterocycles. The quantitative estimate of drug-likeness (QED) is 0.106. The van der Waals surface area contributed by atoms with E-state index < -0.39 is 26.2 Å². The third kappa shape index (κ3) is 10.4. The summed E-state index contributed by atoms with van der Waals surface area (Å²) in [6.45, 7) is 29.0. The topological polar surface area (TPSA) is 31.8 Å². The van der Waals surface area contributed by atoms with Gasteiger partial charge in [-0.25, -0.2) is 4.98 Å². The average Bonchev–Trinajstić information content (AvgIpc) is 1.46. The number of ether oxygens (including phenoxy) is 1. The van der Waals surface area contributed by atoms with Crippen LogP contribution in [-0.2, 0) is 42.7 Å². The average molecular weight is 1360 g/mol. The van der Waals surface area contributed by atoms with E-state index in [0.717, 1.165) is 61.9 Å². The van der Waals surface area contributed by atoms with E-state index in [9.17, 15) is 2.74 Å². The number of pyridine rings is 1. The summed E-state index contributed by atoms with van der Waals surface area (Å²) >= 11 is 0. The molecular formula is C82H75N4OPtSi-3. The molecule has 0 spiro atoms. The fraction of sp³-hybridized carbons (Fsp3) is 0.195. The van der Waals surface area contributed by atoms with Gasteiger partial charge >= 0.3 is 0 Å². The molecule has 1 atom stereocenters. The molecule has 3 aliphatic rings. The van der Waals surface area contributed by atoms with Gasteiger partial charge < -0.3 is 19.4 Å². The molecule has 14 rings (SSSR count). The zero-order valence-electron chi connectivity index (χ0n) is 57.6. The van der Waals surface area contributed by atoms with Gasteiger partial charge in [-0.15, -0.1) is 53.4 Å². The summed E-state index contributed by atoms with van der Waals surface area (Å²) in [6, 6.07) is 74.9. The Kier molecular flexibility index (Phi) is 13.3. The summed E-state index contributed by atoms with van der Waals surface area (Å²) < 4.78 is 52.8. The molecule has 0 fully saturated rings. The third-order valence-corrected chi connectivity index (χ3v) is 22.8. The van der Waals surface area contributed by atoms with Gasteiger partial charge in [0.1, 0.15) is 13.9 Å². The fourth-order valence-corrected chi connectivity index (χ4v) is 18.7. The Bertz CT molecular complexity index is 4790. The van der Waals surface area contributed by atoms with Crippen LogP contribution < -0.4 is 40.2 Å². The van der Waals surface area contributed by atoms with Crippen LogP contribution in [0.5, 0.6) is 11.5 Å². The van der Waals surface area contributed by atoms with Crippen LogP contribution in [0.1, 0.15) is 112 Å². The molecule has 0 bridgehead atoms. The largest absolute Gasteiger partial charge is 0.509 e. The van der Waals surface area contributed by atoms with Crippen molar-refractivity contribution < 1.29 is 32.7 Å². The van der Waals surface area contributed by atoms with E-state index in [4.69, 9.17) is 13.8 Å². The number of anilines is 7. The molecule has 1 aromatic heterocycles. The number of fused-ring (bicyclic) bond motifs is 6. The van der Waals surface area contributed by atoms with Crippen LogP contribution in [-0.4, -0.2) is 13.1 Å². The van der Waals surface area contributed by atoms with Gasteiger partial charge in [-0.1, -0.05) is 263 Å². The van der Waals surface area contributed by atoms with E-state index in [1.807, 2.05) is 55.3 Å². The number of nitrogens with zero attached hydrogens (tertiary/aromatic N) is 4. The Morgan fingerprint density at radius 1 is 0.449 bits per heavy atom. The molecule has 0 N–H and O–H groups in total. The molecule has 5 nitrogen and oxygen atoms in total. The van der Waals surface area contributed by atoms with Gasteiger partial charge in [-0.05, 0) is 113 Å². The maximum Gasteiger partial charge on any atom is 0.135 e. The van der Waals surface area contributed by atoms with Gasteiger partial charge in [0.15, 0.2) is 0 Å².